The van der Waals surface area contributed by atoms with Gasteiger partial charge in [0.15, 0.2) is 12.6 Å². The summed E-state index contributed by atoms with van der Waals surface area (Å²) in [6.07, 6.45) is -16.7. The van der Waals surface area contributed by atoms with E-state index in [1.807, 2.05) is 0 Å². The van der Waals surface area contributed by atoms with Gasteiger partial charge in [0.1, 0.15) is 54.9 Å². The third-order valence-electron chi connectivity index (χ3n) is 20.0. The molecule has 67 heavy (non-hydrogen) atoms. The predicted octanol–water partition coefficient (Wildman–Crippen LogP) is -0.856. The highest BCUT2D eigenvalue weighted by Crippen LogP contribution is 2.89. The third kappa shape index (κ3) is 8.08. The summed E-state index contributed by atoms with van der Waals surface area (Å²) >= 11 is 0. The Balaban J connectivity index is 0.944. The Kier molecular flexibility index (Phi) is 14.1. The topological polar surface area (TPSA) is 326 Å². The number of aliphatic hydroxyl groups excluding tert-OH is 12. The van der Waals surface area contributed by atoms with Crippen LogP contribution >= 0.6 is 0 Å². The van der Waals surface area contributed by atoms with Crippen LogP contribution in [0.15, 0.2) is 0 Å². The van der Waals surface area contributed by atoms with E-state index in [-0.39, 0.29) is 58.4 Å². The van der Waals surface area contributed by atoms with Crippen molar-refractivity contribution in [2.24, 2.45) is 56.7 Å². The number of aliphatic hydroxyl groups is 12. The van der Waals surface area contributed by atoms with Crippen LogP contribution in [0.1, 0.15) is 113 Å². The maximum absolute atomic E-state index is 12.5. The highest BCUT2D eigenvalue weighted by atomic mass is 16.7. The predicted molar refractivity (Wildman–Crippen MR) is 232 cm³/mol. The molecule has 19 heteroatoms. The molecule has 8 rings (SSSR count). The molecule has 8 fully saturated rings. The molecule has 8 aliphatic rings. The van der Waals surface area contributed by atoms with Crippen LogP contribution in [0.5, 0.6) is 0 Å². The number of carbonyl (C=O) groups is 1. The fraction of sp³-hybridized carbons (Fsp3) is 0.979. The van der Waals surface area contributed by atoms with Gasteiger partial charge < -0.3 is 90.1 Å². The summed E-state index contributed by atoms with van der Waals surface area (Å²) in [5.41, 5.74) is -2.74. The number of fused-ring (bicyclic) bond motifs is 2. The van der Waals surface area contributed by atoms with Crippen LogP contribution in [0.3, 0.4) is 0 Å². The molecule has 0 bridgehead atoms. The van der Waals surface area contributed by atoms with E-state index >= 15 is 0 Å². The Labute approximate surface area is 392 Å². The molecule has 0 amide bonds. The molecule has 2 heterocycles. The fourth-order valence-corrected chi connectivity index (χ4v) is 16.2. The Morgan fingerprint density at radius 3 is 2.07 bits per heavy atom. The van der Waals surface area contributed by atoms with Crippen LogP contribution < -0.4 is 0 Å². The van der Waals surface area contributed by atoms with Crippen molar-refractivity contribution >= 4 is 5.97 Å². The molecule has 26 atom stereocenters. The van der Waals surface area contributed by atoms with Gasteiger partial charge in [-0.15, -0.1) is 0 Å². The largest absolute Gasteiger partial charge is 0.481 e. The second-order valence-corrected chi connectivity index (χ2v) is 24.0. The lowest BCUT2D eigenvalue weighted by Gasteiger charge is -2.64. The zero-order chi connectivity index (χ0) is 49.3. The van der Waals surface area contributed by atoms with Crippen LogP contribution in [-0.2, 0) is 28.5 Å². The molecule has 0 radical (unpaired) electrons. The summed E-state index contributed by atoms with van der Waals surface area (Å²) in [5, 5.41) is 140. The third-order valence-corrected chi connectivity index (χ3v) is 20.0. The summed E-state index contributed by atoms with van der Waals surface area (Å²) in [4.78, 5) is 11.9. The molecule has 6 saturated carbocycles. The van der Waals surface area contributed by atoms with Crippen molar-refractivity contribution in [3.63, 3.8) is 0 Å². The van der Waals surface area contributed by atoms with E-state index < -0.39 is 134 Å². The monoisotopic (exact) mass is 961 g/mol. The van der Waals surface area contributed by atoms with Gasteiger partial charge in [-0.2, -0.15) is 0 Å². The normalized spacial score (nSPS) is 53.7. The molecule has 19 nitrogen and oxygen atoms in total. The van der Waals surface area contributed by atoms with E-state index in [9.17, 15) is 71.2 Å². The van der Waals surface area contributed by atoms with Crippen molar-refractivity contribution in [3.05, 3.63) is 0 Å². The first-order chi connectivity index (χ1) is 31.1. The van der Waals surface area contributed by atoms with Gasteiger partial charge in [0.05, 0.1) is 61.4 Å². The minimum absolute atomic E-state index is 0.0133. The molecule has 0 aromatic carbocycles. The van der Waals surface area contributed by atoms with Crippen LogP contribution in [0.25, 0.3) is 0 Å². The van der Waals surface area contributed by atoms with Crippen molar-refractivity contribution in [2.75, 3.05) is 13.2 Å². The number of ether oxygens (including phenoxy) is 5. The van der Waals surface area contributed by atoms with E-state index in [1.165, 1.54) is 0 Å². The van der Waals surface area contributed by atoms with Crippen LogP contribution in [0.2, 0.25) is 0 Å². The van der Waals surface area contributed by atoms with E-state index in [4.69, 9.17) is 23.7 Å². The van der Waals surface area contributed by atoms with Gasteiger partial charge in [-0.3, -0.25) is 4.79 Å². The zero-order valence-electron chi connectivity index (χ0n) is 40.0. The first kappa shape index (κ1) is 52.1. The second kappa shape index (κ2) is 18.1. The lowest BCUT2D eigenvalue weighted by Crippen LogP contribution is -2.64. The SMILES string of the molecule is CC(CCC(O)C(C)(C)OC1OC(CO)C(O)C(O)C1O)C1C(O)CC2(C)C3CC(O)C4C(C)(C)C(OC5OCC(O)C(O)C5OC5CC(C(=O)O)C(O)C(O)C5O)CCC45CC35CCC12C. The summed E-state index contributed by atoms with van der Waals surface area (Å²) in [7, 11) is 0. The van der Waals surface area contributed by atoms with E-state index in [1.54, 1.807) is 13.8 Å². The Hall–Kier alpha value is -1.21. The molecular weight excluding hydrogens is 881 g/mol. The van der Waals surface area contributed by atoms with Crippen molar-refractivity contribution < 1.29 is 94.9 Å². The summed E-state index contributed by atoms with van der Waals surface area (Å²) in [5.74, 6) is -3.01. The maximum atomic E-state index is 12.5. The summed E-state index contributed by atoms with van der Waals surface area (Å²) < 4.78 is 30.3. The van der Waals surface area contributed by atoms with E-state index in [2.05, 4.69) is 34.6 Å². The highest BCUT2D eigenvalue weighted by molar-refractivity contribution is 5.71. The lowest BCUT2D eigenvalue weighted by molar-refractivity contribution is -0.331. The molecule has 2 spiro atoms. The second-order valence-electron chi connectivity index (χ2n) is 24.0. The van der Waals surface area contributed by atoms with Crippen LogP contribution in [0, 0.1) is 56.7 Å². The van der Waals surface area contributed by atoms with Crippen molar-refractivity contribution in [3.8, 4) is 0 Å². The van der Waals surface area contributed by atoms with Crippen LogP contribution in [0.4, 0.5) is 0 Å². The standard InChI is InChI=1S/C48H80O19/c1-20(8-9-28(53)44(4,5)67-41-37(60)36(59)34(57)26(17-49)65-41)30-23(51)16-46(7)27-15-22(50)39-43(2,3)29(10-11-48(39)19-47(27,48)13-12-45(30,46)6)66-42-38(32(55)24(52)18-63-42)64-25-14-21(40(61)62)31(54)35(58)33(25)56/h20-39,41-42,49-60H,8-19H2,1-7H3,(H,61,62). The molecule has 0 aromatic heterocycles. The number of carboxylic acid groups (broad SMARTS) is 1. The minimum Gasteiger partial charge on any atom is -0.481 e. The summed E-state index contributed by atoms with van der Waals surface area (Å²) in [6.45, 7) is 13.3. The van der Waals surface area contributed by atoms with E-state index in [0.29, 0.717) is 32.1 Å². The highest BCUT2D eigenvalue weighted by Gasteiger charge is 2.84. The molecule has 0 aromatic rings. The van der Waals surface area contributed by atoms with Gasteiger partial charge in [0, 0.05) is 0 Å². The van der Waals surface area contributed by atoms with Crippen molar-refractivity contribution in [2.45, 2.75) is 222 Å². The van der Waals surface area contributed by atoms with Gasteiger partial charge in [0.25, 0.3) is 0 Å². The average molecular weight is 961 g/mol. The first-order valence-corrected chi connectivity index (χ1v) is 24.7. The molecule has 2 saturated heterocycles. The Morgan fingerprint density at radius 2 is 1.42 bits per heavy atom. The quantitative estimate of drug-likeness (QED) is 0.1000. The smallest absolute Gasteiger partial charge is 0.309 e. The molecule has 386 valence electrons. The van der Waals surface area contributed by atoms with E-state index in [0.717, 1.165) is 25.7 Å². The minimum atomic E-state index is -1.83. The maximum Gasteiger partial charge on any atom is 0.309 e. The van der Waals surface area contributed by atoms with Gasteiger partial charge >= 0.3 is 5.97 Å². The molecule has 26 unspecified atom stereocenters. The van der Waals surface area contributed by atoms with Gasteiger partial charge in [-0.05, 0) is 129 Å². The Morgan fingerprint density at radius 1 is 0.746 bits per heavy atom. The molecular formula is C48H80O19. The van der Waals surface area contributed by atoms with Gasteiger partial charge in [-0.1, -0.05) is 34.6 Å². The average Bonchev–Trinajstić information content (AvgIpc) is 3.85. The van der Waals surface area contributed by atoms with Crippen molar-refractivity contribution in [1.82, 2.24) is 0 Å². The molecule has 13 N–H and O–H groups in total. The Bertz CT molecular complexity index is 1790. The van der Waals surface area contributed by atoms with Gasteiger partial charge in [-0.25, -0.2) is 0 Å². The van der Waals surface area contributed by atoms with Crippen molar-refractivity contribution in [1.29, 1.82) is 0 Å². The fourth-order valence-electron chi connectivity index (χ4n) is 16.2. The summed E-state index contributed by atoms with van der Waals surface area (Å²) in [6, 6.07) is 0. The molecule has 6 aliphatic carbocycles. The number of rotatable bonds is 13. The number of hydrogen-bond donors (Lipinski definition) is 13. The molecule has 2 aliphatic heterocycles. The van der Waals surface area contributed by atoms with Crippen LogP contribution in [-0.4, -0.2) is 195 Å². The number of aliphatic carboxylic acids is 1. The lowest BCUT2D eigenvalue weighted by atomic mass is 9.41. The zero-order valence-corrected chi connectivity index (χ0v) is 40.0. The number of hydrogen-bond acceptors (Lipinski definition) is 18. The first-order valence-electron chi connectivity index (χ1n) is 24.7. The van der Waals surface area contributed by atoms with Gasteiger partial charge in [0.2, 0.25) is 0 Å². The number of carboxylic acids is 1.